The quantitative estimate of drug-likeness (QED) is 0.559. The van der Waals surface area contributed by atoms with Crippen LogP contribution in [-0.4, -0.2) is 19.1 Å². The SMILES string of the molecule is CC(=C[Si](C)(C)CC(C)C)C(=O)O. The van der Waals surface area contributed by atoms with Crippen molar-refractivity contribution in [3.63, 3.8) is 0 Å². The first kappa shape index (κ1) is 12.4. The monoisotopic (exact) mass is 200 g/mol. The summed E-state index contributed by atoms with van der Waals surface area (Å²) in [6.45, 7) is 10.5. The van der Waals surface area contributed by atoms with Crippen molar-refractivity contribution in [3.05, 3.63) is 11.3 Å². The second-order valence-electron chi connectivity index (χ2n) is 4.72. The lowest BCUT2D eigenvalue weighted by Crippen LogP contribution is -2.26. The van der Waals surface area contributed by atoms with Gasteiger partial charge in [-0.3, -0.25) is 0 Å². The molecule has 13 heavy (non-hydrogen) atoms. The number of rotatable bonds is 4. The third-order valence-corrected chi connectivity index (χ3v) is 4.96. The largest absolute Gasteiger partial charge is 0.478 e. The van der Waals surface area contributed by atoms with Gasteiger partial charge in [0, 0.05) is 5.57 Å². The maximum Gasteiger partial charge on any atom is 0.330 e. The second-order valence-corrected chi connectivity index (χ2v) is 9.39. The van der Waals surface area contributed by atoms with Gasteiger partial charge in [-0.1, -0.05) is 38.7 Å². The lowest BCUT2D eigenvalue weighted by atomic mass is 10.3. The van der Waals surface area contributed by atoms with Crippen LogP contribution < -0.4 is 0 Å². The first-order valence-electron chi connectivity index (χ1n) is 4.67. The zero-order chi connectivity index (χ0) is 10.6. The molecule has 76 valence electrons. The number of hydrogen-bond donors (Lipinski definition) is 1. The topological polar surface area (TPSA) is 37.3 Å². The minimum absolute atomic E-state index is 0.498. The van der Waals surface area contributed by atoms with Crippen molar-refractivity contribution < 1.29 is 9.90 Å². The molecule has 0 aliphatic rings. The molecule has 0 aliphatic heterocycles. The Kier molecular flexibility index (Phi) is 4.40. The average Bonchev–Trinajstić information content (AvgIpc) is 1.81. The van der Waals surface area contributed by atoms with Gasteiger partial charge in [0.05, 0.1) is 8.07 Å². The van der Waals surface area contributed by atoms with Gasteiger partial charge in [-0.2, -0.15) is 0 Å². The zero-order valence-electron chi connectivity index (χ0n) is 9.22. The number of carbonyl (C=O) groups is 1. The lowest BCUT2D eigenvalue weighted by Gasteiger charge is -2.20. The van der Waals surface area contributed by atoms with Crippen molar-refractivity contribution >= 4 is 14.0 Å². The Hall–Kier alpha value is -0.573. The van der Waals surface area contributed by atoms with Gasteiger partial charge in [0.2, 0.25) is 0 Å². The molecule has 0 spiro atoms. The van der Waals surface area contributed by atoms with Gasteiger partial charge < -0.3 is 5.11 Å². The van der Waals surface area contributed by atoms with Crippen molar-refractivity contribution in [1.82, 2.24) is 0 Å². The summed E-state index contributed by atoms with van der Waals surface area (Å²) in [4.78, 5) is 10.6. The molecule has 0 aromatic carbocycles. The van der Waals surface area contributed by atoms with Crippen LogP contribution in [-0.2, 0) is 4.79 Å². The average molecular weight is 200 g/mol. The highest BCUT2D eigenvalue weighted by molar-refractivity contribution is 6.82. The zero-order valence-corrected chi connectivity index (χ0v) is 10.2. The summed E-state index contributed by atoms with van der Waals surface area (Å²) in [5.74, 6) is -0.135. The molecule has 0 aliphatic carbocycles. The molecule has 0 rings (SSSR count). The smallest absolute Gasteiger partial charge is 0.330 e. The molecule has 0 radical (unpaired) electrons. The van der Waals surface area contributed by atoms with Crippen LogP contribution >= 0.6 is 0 Å². The van der Waals surface area contributed by atoms with Crippen LogP contribution in [0.15, 0.2) is 11.3 Å². The summed E-state index contributed by atoms with van der Waals surface area (Å²) in [6.07, 6.45) is 0. The highest BCUT2D eigenvalue weighted by Gasteiger charge is 2.20. The van der Waals surface area contributed by atoms with Crippen molar-refractivity contribution in [3.8, 4) is 0 Å². The van der Waals surface area contributed by atoms with Crippen molar-refractivity contribution in [1.29, 1.82) is 0 Å². The number of hydrogen-bond acceptors (Lipinski definition) is 1. The lowest BCUT2D eigenvalue weighted by molar-refractivity contribution is -0.132. The molecule has 3 heteroatoms. The van der Waals surface area contributed by atoms with E-state index in [0.29, 0.717) is 11.5 Å². The first-order valence-corrected chi connectivity index (χ1v) is 7.96. The molecule has 0 aromatic heterocycles. The molecule has 1 N–H and O–H groups in total. The maximum atomic E-state index is 10.6. The normalized spacial score (nSPS) is 13.5. The molecule has 0 aromatic rings. The Labute approximate surface area is 81.7 Å². The number of aliphatic carboxylic acids is 1. The van der Waals surface area contributed by atoms with E-state index in [4.69, 9.17) is 5.11 Å². The minimum atomic E-state index is -1.44. The first-order chi connectivity index (χ1) is 5.74. The van der Waals surface area contributed by atoms with E-state index in [2.05, 4.69) is 26.9 Å². The number of carboxylic acids is 1. The van der Waals surface area contributed by atoms with Gasteiger partial charge in [-0.15, -0.1) is 0 Å². The molecule has 0 saturated heterocycles. The van der Waals surface area contributed by atoms with E-state index in [-0.39, 0.29) is 0 Å². The standard InChI is InChI=1S/C10H20O2Si/c1-8(2)6-13(4,5)7-9(3)10(11)12/h7-8H,6H2,1-5H3,(H,11,12). The molecule has 0 atom stereocenters. The fraction of sp³-hybridized carbons (Fsp3) is 0.700. The van der Waals surface area contributed by atoms with Crippen LogP contribution in [0, 0.1) is 5.92 Å². The van der Waals surface area contributed by atoms with Crippen LogP contribution in [0.25, 0.3) is 0 Å². The van der Waals surface area contributed by atoms with E-state index in [1.54, 1.807) is 6.92 Å². The molecule has 0 unspecified atom stereocenters. The molecular formula is C10H20O2Si. The van der Waals surface area contributed by atoms with Crippen LogP contribution in [0.3, 0.4) is 0 Å². The molecule has 0 fully saturated rings. The maximum absolute atomic E-state index is 10.6. The van der Waals surface area contributed by atoms with Crippen molar-refractivity contribution in [2.75, 3.05) is 0 Å². The summed E-state index contributed by atoms with van der Waals surface area (Å²) in [5.41, 5.74) is 2.48. The van der Waals surface area contributed by atoms with Crippen molar-refractivity contribution in [2.24, 2.45) is 5.92 Å². The molecule has 0 amide bonds. The van der Waals surface area contributed by atoms with Crippen LogP contribution in [0.1, 0.15) is 20.8 Å². The summed E-state index contributed by atoms with van der Waals surface area (Å²) in [5, 5.41) is 8.73. The Morgan fingerprint density at radius 1 is 1.46 bits per heavy atom. The van der Waals surface area contributed by atoms with Gasteiger partial charge in [0.15, 0.2) is 0 Å². The molecule has 0 heterocycles. The Balaban J connectivity index is 4.47. The Morgan fingerprint density at radius 3 is 2.23 bits per heavy atom. The number of carboxylic acid groups (broad SMARTS) is 1. The second kappa shape index (κ2) is 4.60. The van der Waals surface area contributed by atoms with Gasteiger partial charge in [0.25, 0.3) is 0 Å². The van der Waals surface area contributed by atoms with E-state index in [1.165, 1.54) is 0 Å². The van der Waals surface area contributed by atoms with Crippen LogP contribution in [0.2, 0.25) is 19.1 Å². The summed E-state index contributed by atoms with van der Waals surface area (Å²) in [6, 6.07) is 1.15. The van der Waals surface area contributed by atoms with Gasteiger partial charge in [0.1, 0.15) is 0 Å². The fourth-order valence-electron chi connectivity index (χ4n) is 1.76. The molecule has 0 saturated carbocycles. The van der Waals surface area contributed by atoms with Gasteiger partial charge in [-0.25, -0.2) is 4.79 Å². The predicted octanol–water partition coefficient (Wildman–Crippen LogP) is 2.92. The van der Waals surface area contributed by atoms with E-state index >= 15 is 0 Å². The van der Waals surface area contributed by atoms with Crippen LogP contribution in [0.5, 0.6) is 0 Å². The fourth-order valence-corrected chi connectivity index (χ4v) is 5.28. The predicted molar refractivity (Wildman–Crippen MR) is 58.5 cm³/mol. The molecule has 0 bridgehead atoms. The third-order valence-electron chi connectivity index (χ3n) is 1.88. The minimum Gasteiger partial charge on any atom is -0.478 e. The third kappa shape index (κ3) is 5.63. The Morgan fingerprint density at radius 2 is 1.92 bits per heavy atom. The van der Waals surface area contributed by atoms with E-state index in [9.17, 15) is 4.79 Å². The van der Waals surface area contributed by atoms with E-state index < -0.39 is 14.0 Å². The van der Waals surface area contributed by atoms with E-state index in [1.807, 2.05) is 5.70 Å². The molecule has 2 nitrogen and oxygen atoms in total. The van der Waals surface area contributed by atoms with E-state index in [0.717, 1.165) is 6.04 Å². The van der Waals surface area contributed by atoms with Gasteiger partial charge >= 0.3 is 5.97 Å². The van der Waals surface area contributed by atoms with Crippen molar-refractivity contribution in [2.45, 2.75) is 39.9 Å². The summed E-state index contributed by atoms with van der Waals surface area (Å²) < 4.78 is 0. The van der Waals surface area contributed by atoms with Gasteiger partial charge in [-0.05, 0) is 12.8 Å². The van der Waals surface area contributed by atoms with Crippen LogP contribution in [0.4, 0.5) is 0 Å². The summed E-state index contributed by atoms with van der Waals surface area (Å²) in [7, 11) is -1.44. The highest BCUT2D eigenvalue weighted by atomic mass is 28.3. The summed E-state index contributed by atoms with van der Waals surface area (Å²) >= 11 is 0. The molecular weight excluding hydrogens is 180 g/mol. The highest BCUT2D eigenvalue weighted by Crippen LogP contribution is 2.19. The Bertz CT molecular complexity index is 217.